The van der Waals surface area contributed by atoms with E-state index in [9.17, 15) is 5.11 Å². The molecular weight excluding hydrogens is 265 g/mol. The Kier molecular flexibility index (Phi) is 7.84. The minimum absolute atomic E-state index is 0. The first-order chi connectivity index (χ1) is 7.14. The summed E-state index contributed by atoms with van der Waals surface area (Å²) in [6.07, 6.45) is 0. The van der Waals surface area contributed by atoms with Gasteiger partial charge in [-0.15, -0.1) is 0 Å². The van der Waals surface area contributed by atoms with Crippen LogP contribution in [0.25, 0.3) is 0 Å². The molecule has 0 saturated carbocycles. The molecule has 0 unspecified atom stereocenters. The number of benzene rings is 1. The third-order valence-corrected chi connectivity index (χ3v) is 1.84. The van der Waals surface area contributed by atoms with E-state index in [-0.39, 0.29) is 23.1 Å². The van der Waals surface area contributed by atoms with E-state index in [1.54, 1.807) is 6.07 Å². The van der Waals surface area contributed by atoms with Crippen molar-refractivity contribution < 1.29 is 37.0 Å². The molecule has 6 N–H and O–H groups in total. The molecule has 0 aliphatic carbocycles. The molecular formula is C10H18NO5V. The number of phenolic OH excluding ortho intramolecular Hbond substituents is 2. The van der Waals surface area contributed by atoms with Crippen LogP contribution in [0, 0.1) is 0 Å². The summed E-state index contributed by atoms with van der Waals surface area (Å²) in [4.78, 5) is 0. The van der Waals surface area contributed by atoms with Crippen molar-refractivity contribution in [3.05, 3.63) is 23.8 Å². The van der Waals surface area contributed by atoms with Crippen molar-refractivity contribution in [1.29, 1.82) is 0 Å². The van der Waals surface area contributed by atoms with E-state index >= 15 is 0 Å². The van der Waals surface area contributed by atoms with E-state index in [0.29, 0.717) is 0 Å². The van der Waals surface area contributed by atoms with Gasteiger partial charge in [-0.05, 0) is 23.1 Å². The van der Waals surface area contributed by atoms with E-state index in [2.05, 4.69) is 20.8 Å². The zero-order valence-corrected chi connectivity index (χ0v) is 11.7. The Balaban J connectivity index is 0. The maximum atomic E-state index is 9.21. The Morgan fingerprint density at radius 1 is 1.12 bits per heavy atom. The van der Waals surface area contributed by atoms with E-state index in [1.807, 2.05) is 6.07 Å². The van der Waals surface area contributed by atoms with Crippen LogP contribution >= 0.6 is 0 Å². The van der Waals surface area contributed by atoms with Gasteiger partial charge in [0, 0.05) is 0 Å². The molecule has 1 rings (SSSR count). The van der Waals surface area contributed by atoms with E-state index < -0.39 is 15.4 Å². The molecule has 0 saturated heterocycles. The number of hydrogen-bond acceptors (Lipinski definition) is 5. The van der Waals surface area contributed by atoms with Gasteiger partial charge >= 0.3 is 26.8 Å². The summed E-state index contributed by atoms with van der Waals surface area (Å²) >= 11 is -3.94. The van der Waals surface area contributed by atoms with E-state index in [4.69, 9.17) is 16.5 Å². The molecule has 0 atom stereocenters. The summed E-state index contributed by atoms with van der Waals surface area (Å²) < 4.78 is 25.7. The fourth-order valence-corrected chi connectivity index (χ4v) is 0.990. The summed E-state index contributed by atoms with van der Waals surface area (Å²) in [5.41, 5.74) is 1.02. The van der Waals surface area contributed by atoms with Crippen LogP contribution in [0.2, 0.25) is 0 Å². The van der Waals surface area contributed by atoms with E-state index in [0.717, 1.165) is 5.56 Å². The molecule has 0 aliphatic heterocycles. The van der Waals surface area contributed by atoms with Gasteiger partial charge in [-0.2, -0.15) is 0 Å². The standard InChI is InChI=1S/C10H14O2.H3N.3O.V/c1-10(2,3)7-4-5-8(11)9(12)6-7;;;;;/h4-6,11-12H,1-3H3;1H3;;;;/q;;;;-1;/p+1. The number of rotatable bonds is 0. The van der Waals surface area contributed by atoms with Gasteiger partial charge in [0.05, 0.1) is 0 Å². The molecule has 0 fully saturated rings. The van der Waals surface area contributed by atoms with E-state index in [1.165, 1.54) is 6.07 Å². The first kappa shape index (κ1) is 18.3. The molecule has 17 heavy (non-hydrogen) atoms. The Bertz CT molecular complexity index is 415. The van der Waals surface area contributed by atoms with Crippen LogP contribution in [0.3, 0.4) is 0 Å². The average molecular weight is 283 g/mol. The molecule has 0 aromatic heterocycles. The van der Waals surface area contributed by atoms with Gasteiger partial charge in [-0.25, -0.2) is 0 Å². The molecule has 7 heteroatoms. The second-order valence-corrected chi connectivity index (χ2v) is 4.88. The minimum atomic E-state index is -3.94. The molecule has 1 aromatic carbocycles. The van der Waals surface area contributed by atoms with Crippen LogP contribution in [-0.2, 0) is 28.2 Å². The van der Waals surface area contributed by atoms with Crippen LogP contribution in [0.4, 0.5) is 0 Å². The summed E-state index contributed by atoms with van der Waals surface area (Å²) in [5, 5.41) is 18.3. The van der Waals surface area contributed by atoms with Crippen LogP contribution in [-0.4, -0.2) is 10.2 Å². The second kappa shape index (κ2) is 7.29. The van der Waals surface area contributed by atoms with Crippen molar-refractivity contribution in [3.8, 4) is 11.5 Å². The molecule has 1 aromatic rings. The normalized spacial score (nSPS) is 9.65. The summed E-state index contributed by atoms with van der Waals surface area (Å²) in [5.74, 6) is -0.120. The van der Waals surface area contributed by atoms with Crippen molar-refractivity contribution in [2.75, 3.05) is 0 Å². The first-order valence-electron chi connectivity index (χ1n) is 4.48. The van der Waals surface area contributed by atoms with Gasteiger partial charge in [0.1, 0.15) is 0 Å². The van der Waals surface area contributed by atoms with Crippen molar-refractivity contribution in [3.63, 3.8) is 0 Å². The van der Waals surface area contributed by atoms with Gasteiger partial charge in [-0.3, -0.25) is 0 Å². The fraction of sp³-hybridized carbons (Fsp3) is 0.400. The summed E-state index contributed by atoms with van der Waals surface area (Å²) in [6.45, 7) is 6.16. The van der Waals surface area contributed by atoms with Crippen LogP contribution in [0.1, 0.15) is 26.3 Å². The third kappa shape index (κ3) is 7.76. The molecule has 0 bridgehead atoms. The molecule has 6 nitrogen and oxygen atoms in total. The summed E-state index contributed by atoms with van der Waals surface area (Å²) in [7, 11) is 0. The van der Waals surface area contributed by atoms with Crippen molar-refractivity contribution in [2.45, 2.75) is 26.2 Å². The Labute approximate surface area is 105 Å². The predicted molar refractivity (Wildman–Crippen MR) is 55.8 cm³/mol. The topological polar surface area (TPSA) is 134 Å². The van der Waals surface area contributed by atoms with Crippen LogP contribution < -0.4 is 10.2 Å². The van der Waals surface area contributed by atoms with Gasteiger partial charge in [-0.1, -0.05) is 26.8 Å². The summed E-state index contributed by atoms with van der Waals surface area (Å²) in [6, 6.07) is 4.92. The fourth-order valence-electron chi connectivity index (χ4n) is 0.990. The van der Waals surface area contributed by atoms with Crippen molar-refractivity contribution >= 4 is 0 Å². The third-order valence-electron chi connectivity index (χ3n) is 1.84. The molecule has 0 spiro atoms. The van der Waals surface area contributed by atoms with Gasteiger partial charge in [0.2, 0.25) is 0 Å². The Morgan fingerprint density at radius 2 is 1.53 bits per heavy atom. The van der Waals surface area contributed by atoms with Crippen molar-refractivity contribution in [1.82, 2.24) is 6.15 Å². The molecule has 0 aliphatic rings. The maximum absolute atomic E-state index is 9.21. The molecule has 0 radical (unpaired) electrons. The monoisotopic (exact) mass is 283 g/mol. The van der Waals surface area contributed by atoms with Crippen molar-refractivity contribution in [2.24, 2.45) is 0 Å². The first-order valence-corrected chi connectivity index (χ1v) is 6.19. The molecule has 0 amide bonds. The quantitative estimate of drug-likeness (QED) is 0.617. The zero-order chi connectivity index (χ0) is 12.9. The zero-order valence-electron chi connectivity index (χ0n) is 10.3. The number of hydrogen-bond donors (Lipinski definition) is 3. The van der Waals surface area contributed by atoms with Gasteiger partial charge in [0.25, 0.3) is 0 Å². The van der Waals surface area contributed by atoms with Crippen LogP contribution in [0.15, 0.2) is 18.2 Å². The number of quaternary nitrogens is 1. The van der Waals surface area contributed by atoms with Gasteiger partial charge < -0.3 is 16.4 Å². The Hall–Kier alpha value is -1.08. The number of phenols is 2. The Morgan fingerprint density at radius 3 is 1.82 bits per heavy atom. The number of aromatic hydroxyl groups is 2. The SMILES string of the molecule is CC(C)(C)c1ccc(O)c(O)c1.[NH4+].[O]=[V](=[O])[O-]. The van der Waals surface area contributed by atoms with Crippen LogP contribution in [0.5, 0.6) is 11.5 Å². The molecule has 0 heterocycles. The predicted octanol–water partition coefficient (Wildman–Crippen LogP) is 1.34. The second-order valence-electron chi connectivity index (χ2n) is 4.18. The van der Waals surface area contributed by atoms with Gasteiger partial charge in [0.15, 0.2) is 11.5 Å². The average Bonchev–Trinajstić information content (AvgIpc) is 2.06. The molecule has 98 valence electrons.